The molecule has 0 radical (unpaired) electrons. The molecule has 1 amide bonds. The summed E-state index contributed by atoms with van der Waals surface area (Å²) in [6, 6.07) is 11.1. The third-order valence-corrected chi connectivity index (χ3v) is 4.55. The van der Waals surface area contributed by atoms with E-state index in [-0.39, 0.29) is 11.4 Å². The summed E-state index contributed by atoms with van der Waals surface area (Å²) in [5.41, 5.74) is 7.23. The van der Waals surface area contributed by atoms with E-state index >= 15 is 0 Å². The van der Waals surface area contributed by atoms with Gasteiger partial charge in [0.05, 0.1) is 5.54 Å². The summed E-state index contributed by atoms with van der Waals surface area (Å²) in [4.78, 5) is 16.6. The van der Waals surface area contributed by atoms with Crippen molar-refractivity contribution >= 4 is 5.91 Å². The average molecular weight is 325 g/mol. The van der Waals surface area contributed by atoms with Gasteiger partial charge in [0.15, 0.2) is 0 Å². The number of rotatable bonds is 6. The van der Waals surface area contributed by atoms with Crippen LogP contribution in [0.15, 0.2) is 48.8 Å². The molecule has 0 spiro atoms. The molecule has 3 N–H and O–H groups in total. The van der Waals surface area contributed by atoms with Gasteiger partial charge in [-0.15, -0.1) is 0 Å². The van der Waals surface area contributed by atoms with Crippen molar-refractivity contribution in [2.45, 2.75) is 37.8 Å². The summed E-state index contributed by atoms with van der Waals surface area (Å²) in [7, 11) is 0. The van der Waals surface area contributed by atoms with Gasteiger partial charge in [0, 0.05) is 30.1 Å². The summed E-state index contributed by atoms with van der Waals surface area (Å²) in [5.74, 6) is 0.578. The van der Waals surface area contributed by atoms with Gasteiger partial charge in [-0.05, 0) is 37.1 Å². The highest BCUT2D eigenvalue weighted by Gasteiger charge is 2.34. The van der Waals surface area contributed by atoms with E-state index in [2.05, 4.69) is 10.3 Å². The van der Waals surface area contributed by atoms with Crippen molar-refractivity contribution in [1.29, 1.82) is 0 Å². The van der Waals surface area contributed by atoms with Crippen molar-refractivity contribution in [3.8, 4) is 5.75 Å². The first-order valence-corrected chi connectivity index (χ1v) is 8.35. The number of nitrogens with zero attached hydrogens (tertiary/aromatic N) is 1. The van der Waals surface area contributed by atoms with Gasteiger partial charge >= 0.3 is 0 Å². The van der Waals surface area contributed by atoms with E-state index in [0.29, 0.717) is 24.5 Å². The number of nitrogens with two attached hydrogens (primary N) is 1. The Kier molecular flexibility index (Phi) is 5.11. The predicted molar refractivity (Wildman–Crippen MR) is 92.7 cm³/mol. The van der Waals surface area contributed by atoms with E-state index in [9.17, 15) is 4.79 Å². The van der Waals surface area contributed by atoms with Crippen molar-refractivity contribution in [1.82, 2.24) is 10.3 Å². The number of carbonyl (C=O) groups excluding carboxylic acids is 1. The number of pyridine rings is 1. The van der Waals surface area contributed by atoms with E-state index < -0.39 is 0 Å². The molecular weight excluding hydrogens is 302 g/mol. The second-order valence-electron chi connectivity index (χ2n) is 6.32. The first-order valence-electron chi connectivity index (χ1n) is 8.35. The molecular formula is C19H23N3O2. The number of carbonyl (C=O) groups is 1. The molecule has 1 heterocycles. The minimum Gasteiger partial charge on any atom is -0.489 e. The second kappa shape index (κ2) is 7.45. The maximum absolute atomic E-state index is 12.6. The van der Waals surface area contributed by atoms with Gasteiger partial charge in [0.25, 0.3) is 5.91 Å². The lowest BCUT2D eigenvalue weighted by atomic mass is 9.97. The Bertz CT molecular complexity index is 682. The van der Waals surface area contributed by atoms with Crippen LogP contribution in [0.2, 0.25) is 0 Å². The smallest absolute Gasteiger partial charge is 0.251 e. The summed E-state index contributed by atoms with van der Waals surface area (Å²) >= 11 is 0. The molecule has 0 unspecified atom stereocenters. The molecule has 3 rings (SSSR count). The molecule has 2 aromatic rings. The van der Waals surface area contributed by atoms with E-state index in [1.54, 1.807) is 24.5 Å². The fraction of sp³-hybridized carbons (Fsp3) is 0.368. The number of hydrogen-bond donors (Lipinski definition) is 2. The Morgan fingerprint density at radius 2 is 2.08 bits per heavy atom. The number of ether oxygens (including phenoxy) is 1. The van der Waals surface area contributed by atoms with E-state index in [0.717, 1.165) is 31.2 Å². The first-order chi connectivity index (χ1) is 11.7. The van der Waals surface area contributed by atoms with Crippen LogP contribution in [0.25, 0.3) is 0 Å². The van der Waals surface area contributed by atoms with Crippen LogP contribution in [0.4, 0.5) is 0 Å². The summed E-state index contributed by atoms with van der Waals surface area (Å²) in [5, 5.41) is 3.13. The molecule has 0 bridgehead atoms. The van der Waals surface area contributed by atoms with Gasteiger partial charge in [0.1, 0.15) is 12.4 Å². The van der Waals surface area contributed by atoms with Crippen LogP contribution in [0.1, 0.15) is 41.6 Å². The summed E-state index contributed by atoms with van der Waals surface area (Å²) < 4.78 is 5.76. The Labute approximate surface area is 142 Å². The quantitative estimate of drug-likeness (QED) is 0.856. The van der Waals surface area contributed by atoms with Gasteiger partial charge in [-0.25, -0.2) is 0 Å². The standard InChI is InChI=1S/C19H23N3O2/c20-14-19(8-1-2-9-19)22-18(23)16-6-3-7-17(11-16)24-13-15-5-4-10-21-12-15/h3-7,10-12H,1-2,8-9,13-14,20H2,(H,22,23). The van der Waals surface area contributed by atoms with Crippen LogP contribution in [0, 0.1) is 0 Å². The minimum atomic E-state index is -0.246. The maximum Gasteiger partial charge on any atom is 0.251 e. The highest BCUT2D eigenvalue weighted by Crippen LogP contribution is 2.29. The fourth-order valence-electron chi connectivity index (χ4n) is 3.12. The van der Waals surface area contributed by atoms with Gasteiger partial charge < -0.3 is 15.8 Å². The molecule has 1 saturated carbocycles. The van der Waals surface area contributed by atoms with Gasteiger partial charge in [-0.1, -0.05) is 25.0 Å². The molecule has 1 aliphatic carbocycles. The van der Waals surface area contributed by atoms with Gasteiger partial charge in [0.2, 0.25) is 0 Å². The molecule has 1 aromatic carbocycles. The van der Waals surface area contributed by atoms with Crippen LogP contribution < -0.4 is 15.8 Å². The molecule has 0 saturated heterocycles. The number of amides is 1. The van der Waals surface area contributed by atoms with Gasteiger partial charge in [-0.2, -0.15) is 0 Å². The summed E-state index contributed by atoms with van der Waals surface area (Å²) in [6.07, 6.45) is 7.63. The Morgan fingerprint density at radius 1 is 1.25 bits per heavy atom. The van der Waals surface area contributed by atoms with Crippen molar-refractivity contribution in [3.05, 3.63) is 59.9 Å². The average Bonchev–Trinajstić information content (AvgIpc) is 3.10. The third-order valence-electron chi connectivity index (χ3n) is 4.55. The Morgan fingerprint density at radius 3 is 2.79 bits per heavy atom. The van der Waals surface area contributed by atoms with E-state index in [1.165, 1.54) is 0 Å². The second-order valence-corrected chi connectivity index (χ2v) is 6.32. The molecule has 0 aliphatic heterocycles. The van der Waals surface area contributed by atoms with E-state index in [1.807, 2.05) is 24.3 Å². The number of nitrogens with one attached hydrogen (secondary N) is 1. The molecule has 5 nitrogen and oxygen atoms in total. The molecule has 0 atom stereocenters. The van der Waals surface area contributed by atoms with Crippen LogP contribution in [-0.4, -0.2) is 23.0 Å². The van der Waals surface area contributed by atoms with E-state index in [4.69, 9.17) is 10.5 Å². The van der Waals surface area contributed by atoms with Crippen LogP contribution >= 0.6 is 0 Å². The van der Waals surface area contributed by atoms with Gasteiger partial charge in [-0.3, -0.25) is 9.78 Å². The zero-order valence-electron chi connectivity index (χ0n) is 13.7. The van der Waals surface area contributed by atoms with Crippen LogP contribution in [0.5, 0.6) is 5.75 Å². The highest BCUT2D eigenvalue weighted by atomic mass is 16.5. The number of hydrogen-bond acceptors (Lipinski definition) is 4. The summed E-state index contributed by atoms with van der Waals surface area (Å²) in [6.45, 7) is 0.904. The largest absolute Gasteiger partial charge is 0.489 e. The molecule has 1 fully saturated rings. The third kappa shape index (κ3) is 3.92. The minimum absolute atomic E-state index is 0.0887. The topological polar surface area (TPSA) is 77.2 Å². The molecule has 24 heavy (non-hydrogen) atoms. The zero-order valence-corrected chi connectivity index (χ0v) is 13.7. The normalized spacial score (nSPS) is 15.9. The van der Waals surface area contributed by atoms with Crippen molar-refractivity contribution in [3.63, 3.8) is 0 Å². The van der Waals surface area contributed by atoms with Crippen molar-refractivity contribution in [2.24, 2.45) is 5.73 Å². The fourth-order valence-corrected chi connectivity index (χ4v) is 3.12. The maximum atomic E-state index is 12.6. The van der Waals surface area contributed by atoms with Crippen LogP contribution in [-0.2, 0) is 6.61 Å². The molecule has 1 aromatic heterocycles. The molecule has 1 aliphatic rings. The Hall–Kier alpha value is -2.40. The lowest BCUT2D eigenvalue weighted by Gasteiger charge is -2.28. The Balaban J connectivity index is 1.65. The van der Waals surface area contributed by atoms with Crippen LogP contribution in [0.3, 0.4) is 0 Å². The zero-order chi connectivity index (χ0) is 16.8. The van der Waals surface area contributed by atoms with Crippen molar-refractivity contribution < 1.29 is 9.53 Å². The number of aromatic nitrogens is 1. The number of benzene rings is 1. The SMILES string of the molecule is NCC1(NC(=O)c2cccc(OCc3cccnc3)c2)CCCC1. The highest BCUT2D eigenvalue weighted by molar-refractivity contribution is 5.95. The lowest BCUT2D eigenvalue weighted by molar-refractivity contribution is 0.0902. The monoisotopic (exact) mass is 325 g/mol. The first kappa shape index (κ1) is 16.5. The lowest BCUT2D eigenvalue weighted by Crippen LogP contribution is -2.51. The molecule has 5 heteroatoms. The van der Waals surface area contributed by atoms with Crippen molar-refractivity contribution in [2.75, 3.05) is 6.54 Å². The molecule has 126 valence electrons. The predicted octanol–water partition coefficient (Wildman–Crippen LogP) is 2.66.